The van der Waals surface area contributed by atoms with Crippen LogP contribution >= 0.6 is 0 Å². The summed E-state index contributed by atoms with van der Waals surface area (Å²) in [7, 11) is 0. The van der Waals surface area contributed by atoms with Crippen LogP contribution in [-0.2, 0) is 10.8 Å². The third-order valence-corrected chi connectivity index (χ3v) is 15.9. The highest BCUT2D eigenvalue weighted by atomic mass is 15.1. The van der Waals surface area contributed by atoms with Crippen LogP contribution < -0.4 is 4.90 Å². The number of para-hydroxylation sites is 1. The van der Waals surface area contributed by atoms with E-state index in [1.54, 1.807) is 5.56 Å². The average Bonchev–Trinajstić information content (AvgIpc) is 3.80. The third kappa shape index (κ3) is 5.52. The fourth-order valence-electron chi connectivity index (χ4n) is 13.3. The molecule has 61 heavy (non-hydrogen) atoms. The van der Waals surface area contributed by atoms with Gasteiger partial charge in [0.05, 0.1) is 11.4 Å². The summed E-state index contributed by atoms with van der Waals surface area (Å²) in [5.41, 5.74) is 17.3. The molecule has 0 N–H and O–H groups in total. The zero-order chi connectivity index (χ0) is 40.9. The van der Waals surface area contributed by atoms with Gasteiger partial charge in [0.1, 0.15) is 0 Å². The molecule has 4 aliphatic carbocycles. The van der Waals surface area contributed by atoms with Crippen LogP contribution in [-0.4, -0.2) is 0 Å². The molecule has 4 aliphatic rings. The highest BCUT2D eigenvalue weighted by Gasteiger charge is 2.80. The van der Waals surface area contributed by atoms with Crippen molar-refractivity contribution in [1.29, 1.82) is 0 Å². The predicted molar refractivity (Wildman–Crippen MR) is 257 cm³/mol. The Labute approximate surface area is 361 Å². The van der Waals surface area contributed by atoms with Crippen molar-refractivity contribution in [2.45, 2.75) is 63.7 Å². The number of hydrogen-bond donors (Lipinski definition) is 0. The molecule has 298 valence electrons. The fraction of sp³-hybridized carbons (Fsp3) is 0.233. The van der Waals surface area contributed by atoms with Crippen LogP contribution in [0.15, 0.2) is 188 Å². The molecule has 2 bridgehead atoms. The summed E-state index contributed by atoms with van der Waals surface area (Å²) in [5.74, 6) is 2.78. The summed E-state index contributed by atoms with van der Waals surface area (Å²) in [6.45, 7) is 6.95. The molecular weight excluding hydrogens is 735 g/mol. The largest absolute Gasteiger partial charge is 0.309 e. The van der Waals surface area contributed by atoms with E-state index >= 15 is 0 Å². The van der Waals surface area contributed by atoms with E-state index in [1.165, 1.54) is 104 Å². The number of hydrogen-bond acceptors (Lipinski definition) is 1. The summed E-state index contributed by atoms with van der Waals surface area (Å²) >= 11 is 0. The monoisotopic (exact) mass is 787 g/mol. The SMILES string of the molecule is CC(C)(C)c1ccc(N(c2ccc(-c3ccc(-c4ccccc4)cc3)cc2)c2ccccc2-c2cccc3cccc(C45CC6CC7CC(C4)C75C6)c23)c(-c2ccccc2)c1. The first-order valence-corrected chi connectivity index (χ1v) is 22.7. The summed E-state index contributed by atoms with van der Waals surface area (Å²) < 4.78 is 0. The van der Waals surface area contributed by atoms with Crippen LogP contribution in [0.3, 0.4) is 0 Å². The lowest BCUT2D eigenvalue weighted by Gasteiger charge is -2.73. The molecule has 0 aliphatic heterocycles. The van der Waals surface area contributed by atoms with Crippen molar-refractivity contribution in [2.24, 2.45) is 23.2 Å². The standard InChI is InChI=1S/C60H53N/c1-58(2,3)47-30-33-56(53(36-47)45-16-8-5-9-17-45)61(50-31-28-44(29-32-50)43-26-24-42(25-27-43)41-14-6-4-7-15-41)55-23-11-10-20-51(55)52-21-12-18-46-19-13-22-54(57(46)52)59-37-40-34-48-35-49(39-59)60(48,59)38-40/h4-33,36,40,48-49H,34-35,37-39H2,1-3H3. The molecule has 1 spiro atoms. The first-order valence-electron chi connectivity index (χ1n) is 22.7. The molecule has 5 unspecified atom stereocenters. The minimum atomic E-state index is 0.000440. The molecule has 0 heterocycles. The third-order valence-electron chi connectivity index (χ3n) is 15.9. The van der Waals surface area contributed by atoms with Gasteiger partial charge in [0, 0.05) is 22.2 Å². The van der Waals surface area contributed by atoms with Gasteiger partial charge in [-0.1, -0.05) is 178 Å². The molecule has 12 rings (SSSR count). The molecule has 0 saturated heterocycles. The highest BCUT2D eigenvalue weighted by Crippen LogP contribution is 2.86. The Morgan fingerprint density at radius 1 is 0.459 bits per heavy atom. The van der Waals surface area contributed by atoms with Crippen molar-refractivity contribution in [3.05, 3.63) is 199 Å². The zero-order valence-electron chi connectivity index (χ0n) is 35.6. The van der Waals surface area contributed by atoms with Crippen LogP contribution in [0.2, 0.25) is 0 Å². The van der Waals surface area contributed by atoms with Gasteiger partial charge in [-0.05, 0) is 146 Å². The van der Waals surface area contributed by atoms with Gasteiger partial charge in [-0.25, -0.2) is 0 Å². The Morgan fingerprint density at radius 3 is 1.72 bits per heavy atom. The molecule has 1 nitrogen and oxygen atoms in total. The van der Waals surface area contributed by atoms with Crippen molar-refractivity contribution in [1.82, 2.24) is 0 Å². The quantitative estimate of drug-likeness (QED) is 0.148. The lowest BCUT2D eigenvalue weighted by molar-refractivity contribution is -0.198. The smallest absolute Gasteiger partial charge is 0.0540 e. The summed E-state index contributed by atoms with van der Waals surface area (Å²) in [6.07, 6.45) is 7.17. The van der Waals surface area contributed by atoms with Gasteiger partial charge in [0.2, 0.25) is 0 Å². The van der Waals surface area contributed by atoms with Crippen molar-refractivity contribution in [3.63, 3.8) is 0 Å². The van der Waals surface area contributed by atoms with Gasteiger partial charge >= 0.3 is 0 Å². The van der Waals surface area contributed by atoms with E-state index in [4.69, 9.17) is 0 Å². The van der Waals surface area contributed by atoms with Gasteiger partial charge in [-0.2, -0.15) is 0 Å². The minimum absolute atomic E-state index is 0.000440. The van der Waals surface area contributed by atoms with Crippen LogP contribution in [0.25, 0.3) is 55.3 Å². The van der Waals surface area contributed by atoms with Crippen LogP contribution in [0.4, 0.5) is 17.1 Å². The van der Waals surface area contributed by atoms with E-state index in [0.29, 0.717) is 10.8 Å². The summed E-state index contributed by atoms with van der Waals surface area (Å²) in [5, 5.41) is 2.84. The topological polar surface area (TPSA) is 3.24 Å². The molecule has 8 aromatic carbocycles. The summed E-state index contributed by atoms with van der Waals surface area (Å²) in [6, 6.07) is 70.6. The van der Waals surface area contributed by atoms with E-state index in [9.17, 15) is 0 Å². The maximum Gasteiger partial charge on any atom is 0.0540 e. The van der Waals surface area contributed by atoms with Gasteiger partial charge < -0.3 is 4.90 Å². The Balaban J connectivity index is 1.04. The lowest BCUT2D eigenvalue weighted by Crippen LogP contribution is -2.68. The molecule has 0 amide bonds. The zero-order valence-corrected chi connectivity index (χ0v) is 35.6. The maximum atomic E-state index is 2.55. The first kappa shape index (κ1) is 36.7. The number of benzene rings is 8. The van der Waals surface area contributed by atoms with Crippen LogP contribution in [0.1, 0.15) is 64.0 Å². The Kier molecular flexibility index (Phi) is 8.21. The van der Waals surface area contributed by atoms with E-state index in [1.807, 2.05) is 0 Å². The van der Waals surface area contributed by atoms with Crippen molar-refractivity contribution in [3.8, 4) is 44.5 Å². The van der Waals surface area contributed by atoms with E-state index in [0.717, 1.165) is 23.4 Å². The molecule has 0 aromatic heterocycles. The predicted octanol–water partition coefficient (Wildman–Crippen LogP) is 16.4. The van der Waals surface area contributed by atoms with Gasteiger partial charge in [0.15, 0.2) is 0 Å². The molecule has 1 heteroatoms. The van der Waals surface area contributed by atoms with E-state index in [-0.39, 0.29) is 5.41 Å². The van der Waals surface area contributed by atoms with Crippen LogP contribution in [0.5, 0.6) is 0 Å². The molecule has 5 atom stereocenters. The van der Waals surface area contributed by atoms with Crippen molar-refractivity contribution in [2.75, 3.05) is 4.90 Å². The fourth-order valence-corrected chi connectivity index (χ4v) is 13.3. The molecule has 4 saturated carbocycles. The van der Waals surface area contributed by atoms with Crippen molar-refractivity contribution >= 4 is 27.8 Å². The van der Waals surface area contributed by atoms with Crippen LogP contribution in [0, 0.1) is 23.2 Å². The highest BCUT2D eigenvalue weighted by molar-refractivity contribution is 6.04. The second-order valence-electron chi connectivity index (χ2n) is 19.9. The number of anilines is 3. The molecule has 8 aromatic rings. The van der Waals surface area contributed by atoms with Gasteiger partial charge in [0.25, 0.3) is 0 Å². The normalized spacial score (nSPS) is 23.3. The van der Waals surface area contributed by atoms with E-state index in [2.05, 4.69) is 214 Å². The number of nitrogens with zero attached hydrogens (tertiary/aromatic N) is 1. The molecular formula is C60H53N. The molecule has 0 radical (unpaired) electrons. The second kappa shape index (κ2) is 13.7. The number of rotatable bonds is 8. The first-order chi connectivity index (χ1) is 29.8. The minimum Gasteiger partial charge on any atom is -0.309 e. The van der Waals surface area contributed by atoms with Crippen molar-refractivity contribution < 1.29 is 0 Å². The summed E-state index contributed by atoms with van der Waals surface area (Å²) in [4.78, 5) is 2.55. The Hall–Kier alpha value is -6.18. The second-order valence-corrected chi connectivity index (χ2v) is 19.9. The average molecular weight is 788 g/mol. The number of fused-ring (bicyclic) bond motifs is 2. The lowest BCUT2D eigenvalue weighted by atomic mass is 9.30. The van der Waals surface area contributed by atoms with Gasteiger partial charge in [-0.15, -0.1) is 0 Å². The molecule has 4 fully saturated rings. The Bertz CT molecular complexity index is 2930. The Morgan fingerprint density at radius 2 is 1.05 bits per heavy atom. The van der Waals surface area contributed by atoms with Gasteiger partial charge in [-0.3, -0.25) is 0 Å². The maximum absolute atomic E-state index is 2.55. The van der Waals surface area contributed by atoms with E-state index < -0.39 is 0 Å².